The molecule has 2 aromatic rings. The van der Waals surface area contributed by atoms with Gasteiger partial charge in [-0.2, -0.15) is 13.2 Å². The van der Waals surface area contributed by atoms with Crippen molar-refractivity contribution < 1.29 is 32.3 Å². The summed E-state index contributed by atoms with van der Waals surface area (Å²) >= 11 is 7.65. The lowest BCUT2D eigenvalue weighted by atomic mass is 9.96. The Balaban J connectivity index is 1.02. The Morgan fingerprint density at radius 3 is 2.32 bits per heavy atom. The quantitative estimate of drug-likeness (QED) is 0.386. The molecule has 0 saturated carbocycles. The third kappa shape index (κ3) is 7.10. The van der Waals surface area contributed by atoms with E-state index < -0.39 is 35.5 Å². The smallest absolute Gasteiger partial charge is 0.418 e. The minimum atomic E-state index is -4.76. The minimum absolute atomic E-state index is 0.0849. The molecule has 4 fully saturated rings. The van der Waals surface area contributed by atoms with Crippen LogP contribution in [0.25, 0.3) is 0 Å². The molecule has 16 heteroatoms. The number of carbonyl (C=O) groups excluding carboxylic acids is 3. The number of nitrogens with one attached hydrogen (secondary N) is 1. The van der Waals surface area contributed by atoms with Gasteiger partial charge in [-0.15, -0.1) is 11.3 Å². The summed E-state index contributed by atoms with van der Waals surface area (Å²) in [4.78, 5) is 50.3. The van der Waals surface area contributed by atoms with Gasteiger partial charge in [-0.25, -0.2) is 9.59 Å². The largest absolute Gasteiger partial charge is 0.436 e. The number of alkyl halides is 3. The first-order valence-corrected chi connectivity index (χ1v) is 18.7. The average Bonchev–Trinajstić information content (AvgIpc) is 3.61. The molecule has 4 saturated heterocycles. The highest BCUT2D eigenvalue weighted by atomic mass is 35.5. The molecular weight excluding hydrogens is 695 g/mol. The van der Waals surface area contributed by atoms with Crippen LogP contribution in [0.15, 0.2) is 22.9 Å². The zero-order valence-corrected chi connectivity index (χ0v) is 29.5. The predicted molar refractivity (Wildman–Crippen MR) is 184 cm³/mol. The maximum absolute atomic E-state index is 14.0. The summed E-state index contributed by atoms with van der Waals surface area (Å²) in [5, 5.41) is 6.55. The maximum Gasteiger partial charge on any atom is 0.418 e. The molecule has 3 N–H and O–H groups in total. The van der Waals surface area contributed by atoms with Gasteiger partial charge < -0.3 is 35.4 Å². The van der Waals surface area contributed by atoms with Gasteiger partial charge in [0.2, 0.25) is 0 Å². The van der Waals surface area contributed by atoms with Gasteiger partial charge in [-0.1, -0.05) is 11.6 Å². The molecule has 2 bridgehead atoms. The normalized spacial score (nSPS) is 25.7. The summed E-state index contributed by atoms with van der Waals surface area (Å²) in [5.41, 5.74) is 5.93. The van der Waals surface area contributed by atoms with Crippen molar-refractivity contribution in [2.75, 3.05) is 57.4 Å². The summed E-state index contributed by atoms with van der Waals surface area (Å²) in [7, 11) is 2.21. The van der Waals surface area contributed by atoms with Crippen LogP contribution in [0.4, 0.5) is 34.1 Å². The number of piperidine rings is 2. The van der Waals surface area contributed by atoms with Crippen molar-refractivity contribution in [3.63, 3.8) is 0 Å². The van der Waals surface area contributed by atoms with Crippen LogP contribution in [-0.4, -0.2) is 119 Å². The number of halogens is 4. The number of likely N-dealkylation sites (tertiary alicyclic amines) is 1. The highest BCUT2D eigenvalue weighted by molar-refractivity contribution is 7.08. The molecule has 7 rings (SSSR count). The summed E-state index contributed by atoms with van der Waals surface area (Å²) < 4.78 is 47.3. The molecule has 5 aliphatic rings. The fourth-order valence-electron chi connectivity index (χ4n) is 8.46. The predicted octanol–water partition coefficient (Wildman–Crippen LogP) is 5.33. The number of nitrogens with zero attached hydrogens (tertiary/aromatic N) is 5. The van der Waals surface area contributed by atoms with Crippen molar-refractivity contribution in [3.8, 4) is 0 Å². The third-order valence-electron chi connectivity index (χ3n) is 11.4. The average molecular weight is 738 g/mol. The lowest BCUT2D eigenvalue weighted by molar-refractivity contribution is -0.143. The van der Waals surface area contributed by atoms with Crippen LogP contribution in [0.3, 0.4) is 0 Å². The summed E-state index contributed by atoms with van der Waals surface area (Å²) in [6, 6.07) is 3.54. The number of piperazine rings is 1. The van der Waals surface area contributed by atoms with Crippen molar-refractivity contribution in [3.05, 3.63) is 44.6 Å². The Morgan fingerprint density at radius 2 is 1.66 bits per heavy atom. The van der Waals surface area contributed by atoms with Gasteiger partial charge in [-0.05, 0) is 68.6 Å². The first-order chi connectivity index (χ1) is 23.9. The van der Waals surface area contributed by atoms with Gasteiger partial charge in [-0.3, -0.25) is 9.69 Å². The van der Waals surface area contributed by atoms with Crippen LogP contribution in [-0.2, 0) is 28.7 Å². The molecule has 1 aromatic heterocycles. The fourth-order valence-corrected chi connectivity index (χ4v) is 9.48. The van der Waals surface area contributed by atoms with Crippen LogP contribution < -0.4 is 11.1 Å². The second-order valence-corrected chi connectivity index (χ2v) is 15.4. The standard InChI is InChI=1S/C34H43ClF3N7O4S/c1-41-23-2-3-24(41)16-25(15-23)42-8-10-43(11-9-42)31(46)29(14-20-12-26(34(36,37)38)30(39)27(35)13-20)49-33(48)44-6-4-22(5-7-44)45-17-21-18-50-19-28(21)40-32(45)47/h12-13,18-19,22-25,29H,2-11,14-17,39H2,1H3,(H,40,47)/t23?,24?,25?,29-/m1/s1. The van der Waals surface area contributed by atoms with Gasteiger partial charge in [0.1, 0.15) is 0 Å². The molecule has 50 heavy (non-hydrogen) atoms. The van der Waals surface area contributed by atoms with E-state index in [-0.39, 0.29) is 29.1 Å². The number of urea groups is 1. The Morgan fingerprint density at radius 1 is 0.980 bits per heavy atom. The van der Waals surface area contributed by atoms with Crippen LogP contribution in [0.1, 0.15) is 55.2 Å². The van der Waals surface area contributed by atoms with E-state index in [0.717, 1.165) is 30.2 Å². The summed E-state index contributed by atoms with van der Waals surface area (Å²) in [6.07, 6.45) is -1.45. The Hall–Kier alpha value is -3.27. The van der Waals surface area contributed by atoms with E-state index in [1.165, 1.54) is 35.1 Å². The number of hydrogen-bond acceptors (Lipinski definition) is 8. The topological polar surface area (TPSA) is 115 Å². The van der Waals surface area contributed by atoms with Crippen LogP contribution in [0.2, 0.25) is 5.02 Å². The first kappa shape index (κ1) is 35.1. The number of carbonyl (C=O) groups is 3. The molecule has 11 nitrogen and oxygen atoms in total. The highest BCUT2D eigenvalue weighted by Gasteiger charge is 2.42. The summed E-state index contributed by atoms with van der Waals surface area (Å²) in [6.45, 7) is 3.31. The summed E-state index contributed by atoms with van der Waals surface area (Å²) in [5.74, 6) is -0.450. The lowest BCUT2D eigenvalue weighted by Crippen LogP contribution is -2.57. The number of thiophene rings is 1. The maximum atomic E-state index is 14.0. The van der Waals surface area contributed by atoms with E-state index >= 15 is 0 Å². The molecule has 2 unspecified atom stereocenters. The molecule has 3 atom stereocenters. The Labute approximate surface area is 298 Å². The Kier molecular flexibility index (Phi) is 9.87. The number of nitrogen functional groups attached to an aromatic ring is 1. The van der Waals surface area contributed by atoms with Crippen molar-refractivity contribution in [1.29, 1.82) is 0 Å². The third-order valence-corrected chi connectivity index (χ3v) is 12.5. The van der Waals surface area contributed by atoms with Gasteiger partial charge >= 0.3 is 18.3 Å². The fraction of sp³-hybridized carbons (Fsp3) is 0.618. The molecule has 0 aliphatic carbocycles. The molecule has 5 aliphatic heterocycles. The van der Waals surface area contributed by atoms with E-state index in [4.69, 9.17) is 22.1 Å². The van der Waals surface area contributed by atoms with Gasteiger partial charge in [0.05, 0.1) is 28.5 Å². The van der Waals surface area contributed by atoms with Crippen molar-refractivity contribution >= 4 is 52.3 Å². The highest BCUT2D eigenvalue weighted by Crippen LogP contribution is 2.39. The van der Waals surface area contributed by atoms with Crippen LogP contribution >= 0.6 is 22.9 Å². The van der Waals surface area contributed by atoms with Crippen LogP contribution in [0.5, 0.6) is 0 Å². The molecule has 6 heterocycles. The van der Waals surface area contributed by atoms with E-state index in [1.807, 2.05) is 10.8 Å². The number of hydrogen-bond donors (Lipinski definition) is 2. The second-order valence-electron chi connectivity index (χ2n) is 14.2. The van der Waals surface area contributed by atoms with Crippen molar-refractivity contribution in [2.45, 2.75) is 87.9 Å². The van der Waals surface area contributed by atoms with Crippen LogP contribution in [0, 0.1) is 0 Å². The molecule has 1 aromatic carbocycles. The molecule has 4 amide bonds. The number of anilines is 2. The molecular formula is C34H43ClF3N7O4S. The number of benzene rings is 1. The van der Waals surface area contributed by atoms with Crippen molar-refractivity contribution in [2.24, 2.45) is 0 Å². The molecule has 272 valence electrons. The number of rotatable bonds is 6. The number of ether oxygens (including phenoxy) is 1. The van der Waals surface area contributed by atoms with Gasteiger partial charge in [0.15, 0.2) is 6.10 Å². The van der Waals surface area contributed by atoms with E-state index in [0.29, 0.717) is 76.8 Å². The van der Waals surface area contributed by atoms with Gasteiger partial charge in [0.25, 0.3) is 5.91 Å². The number of nitrogens with two attached hydrogens (primary N) is 1. The molecule has 0 radical (unpaired) electrons. The Bertz CT molecular complexity index is 1600. The lowest BCUT2D eigenvalue weighted by Gasteiger charge is -2.45. The minimum Gasteiger partial charge on any atom is -0.436 e. The zero-order chi connectivity index (χ0) is 35.3. The van der Waals surface area contributed by atoms with E-state index in [2.05, 4.69) is 22.2 Å². The van der Waals surface area contributed by atoms with Crippen molar-refractivity contribution in [1.82, 2.24) is 24.5 Å². The first-order valence-electron chi connectivity index (χ1n) is 17.3. The monoisotopic (exact) mass is 737 g/mol. The van der Waals surface area contributed by atoms with E-state index in [1.54, 1.807) is 9.80 Å². The SMILES string of the molecule is CN1C2CCC1CC(N1CCN(C(=O)[C@@H](Cc3cc(Cl)c(N)c(C(F)(F)F)c3)OC(=O)N3CCC(N4Cc5cscc5NC4=O)CC3)CC1)C2. The number of amides is 4. The zero-order valence-electron chi connectivity index (χ0n) is 28.0. The molecule has 0 spiro atoms. The van der Waals surface area contributed by atoms with E-state index in [9.17, 15) is 27.6 Å². The van der Waals surface area contributed by atoms with Gasteiger partial charge in [0, 0.05) is 80.8 Å². The second kappa shape index (κ2) is 14.0. The number of fused-ring (bicyclic) bond motifs is 3.